The molecule has 3 N–H and O–H groups in total. The lowest BCUT2D eigenvalue weighted by atomic mass is 10.2. The van der Waals surface area contributed by atoms with Gasteiger partial charge < -0.3 is 15.8 Å². The zero-order chi connectivity index (χ0) is 16.5. The van der Waals surface area contributed by atoms with Gasteiger partial charge in [0.15, 0.2) is 6.61 Å². The highest BCUT2D eigenvalue weighted by Gasteiger charge is 2.09. The maximum absolute atomic E-state index is 11.7. The zero-order valence-electron chi connectivity index (χ0n) is 12.5. The third kappa shape index (κ3) is 6.33. The predicted octanol–water partition coefficient (Wildman–Crippen LogP) is 2.54. The fraction of sp³-hybridized carbons (Fsp3) is 0.250. The highest BCUT2D eigenvalue weighted by Crippen LogP contribution is 2.16. The van der Waals surface area contributed by atoms with Crippen LogP contribution in [0.15, 0.2) is 41.8 Å². The van der Waals surface area contributed by atoms with E-state index in [-0.39, 0.29) is 12.5 Å². The molecule has 1 amide bonds. The number of hydrogen-bond acceptors (Lipinski definition) is 6. The number of nitrogen functional groups attached to an aromatic ring is 1. The van der Waals surface area contributed by atoms with Gasteiger partial charge in [-0.2, -0.15) is 11.8 Å². The Hall–Kier alpha value is -1.99. The Bertz CT molecular complexity index is 627. The fourth-order valence-corrected chi connectivity index (χ4v) is 3.41. The number of carbonyl (C=O) groups is 2. The molecule has 1 aromatic heterocycles. The number of ether oxygens (including phenoxy) is 1. The molecule has 5 nitrogen and oxygen atoms in total. The first-order valence-corrected chi connectivity index (χ1v) is 9.08. The molecular formula is C16H18N2O3S2. The first-order valence-electron chi connectivity index (χ1n) is 7.04. The van der Waals surface area contributed by atoms with Crippen LogP contribution < -0.4 is 11.1 Å². The lowest BCUT2D eigenvalue weighted by Crippen LogP contribution is -2.30. The third-order valence-electron chi connectivity index (χ3n) is 2.87. The standard InChI is InChI=1S/C16H18N2O3S2/c17-13-5-3-12(4-6-13)16(20)21-10-15(19)18-7-9-22-11-14-2-1-8-23-14/h1-6,8H,7,9-11,17H2,(H,18,19). The maximum Gasteiger partial charge on any atom is 0.338 e. The van der Waals surface area contributed by atoms with Gasteiger partial charge in [0.05, 0.1) is 5.56 Å². The van der Waals surface area contributed by atoms with E-state index in [2.05, 4.69) is 11.4 Å². The topological polar surface area (TPSA) is 81.4 Å². The zero-order valence-corrected chi connectivity index (χ0v) is 14.1. The molecule has 1 heterocycles. The Morgan fingerprint density at radius 2 is 2.00 bits per heavy atom. The number of nitrogens with two attached hydrogens (primary N) is 1. The summed E-state index contributed by atoms with van der Waals surface area (Å²) in [5, 5.41) is 4.77. The van der Waals surface area contributed by atoms with E-state index in [0.717, 1.165) is 11.5 Å². The smallest absolute Gasteiger partial charge is 0.338 e. The van der Waals surface area contributed by atoms with Crippen LogP contribution in [0.2, 0.25) is 0 Å². The van der Waals surface area contributed by atoms with Crippen LogP contribution in [0.3, 0.4) is 0 Å². The van der Waals surface area contributed by atoms with Crippen LogP contribution in [-0.4, -0.2) is 30.8 Å². The van der Waals surface area contributed by atoms with Gasteiger partial charge in [-0.05, 0) is 35.7 Å². The van der Waals surface area contributed by atoms with Crippen LogP contribution in [0.25, 0.3) is 0 Å². The Labute approximate surface area is 143 Å². The third-order valence-corrected chi connectivity index (χ3v) is 4.94. The number of carbonyl (C=O) groups excluding carboxylic acids is 2. The van der Waals surface area contributed by atoms with Crippen LogP contribution in [0.4, 0.5) is 5.69 Å². The molecule has 0 fully saturated rings. The predicted molar refractivity (Wildman–Crippen MR) is 94.6 cm³/mol. The molecule has 2 aromatic rings. The Morgan fingerprint density at radius 1 is 1.22 bits per heavy atom. The van der Waals surface area contributed by atoms with E-state index in [9.17, 15) is 9.59 Å². The molecular weight excluding hydrogens is 332 g/mol. The first kappa shape index (κ1) is 17.4. The van der Waals surface area contributed by atoms with Crippen molar-refractivity contribution in [2.45, 2.75) is 5.75 Å². The van der Waals surface area contributed by atoms with Crippen LogP contribution >= 0.6 is 23.1 Å². The Balaban J connectivity index is 1.57. The van der Waals surface area contributed by atoms with Crippen LogP contribution in [-0.2, 0) is 15.3 Å². The number of benzene rings is 1. The second-order valence-corrected chi connectivity index (χ2v) is 6.82. The second-order valence-electron chi connectivity index (χ2n) is 4.68. The summed E-state index contributed by atoms with van der Waals surface area (Å²) in [6.45, 7) is 0.271. The Morgan fingerprint density at radius 3 is 2.70 bits per heavy atom. The van der Waals surface area contributed by atoms with Crippen molar-refractivity contribution >= 4 is 40.7 Å². The molecule has 122 valence electrons. The summed E-state index contributed by atoms with van der Waals surface area (Å²) in [6, 6.07) is 10.5. The summed E-state index contributed by atoms with van der Waals surface area (Å²) >= 11 is 3.48. The fourth-order valence-electron chi connectivity index (χ4n) is 1.71. The molecule has 0 aliphatic heterocycles. The minimum absolute atomic E-state index is 0.279. The number of hydrogen-bond donors (Lipinski definition) is 2. The molecule has 0 aliphatic carbocycles. The molecule has 0 aliphatic rings. The van der Waals surface area contributed by atoms with Crippen molar-refractivity contribution in [3.8, 4) is 0 Å². The maximum atomic E-state index is 11.7. The van der Waals surface area contributed by atoms with E-state index in [4.69, 9.17) is 10.5 Å². The van der Waals surface area contributed by atoms with Gasteiger partial charge in [0.1, 0.15) is 0 Å². The molecule has 0 atom stereocenters. The summed E-state index contributed by atoms with van der Waals surface area (Å²) in [6.07, 6.45) is 0. The van der Waals surface area contributed by atoms with Gasteiger partial charge in [-0.15, -0.1) is 11.3 Å². The van der Waals surface area contributed by atoms with Crippen molar-refractivity contribution in [3.63, 3.8) is 0 Å². The van der Waals surface area contributed by atoms with Crippen LogP contribution in [0.5, 0.6) is 0 Å². The first-order chi connectivity index (χ1) is 11.1. The van der Waals surface area contributed by atoms with Crippen molar-refractivity contribution in [1.82, 2.24) is 5.32 Å². The van der Waals surface area contributed by atoms with E-state index < -0.39 is 5.97 Å². The summed E-state index contributed by atoms with van der Waals surface area (Å²) < 4.78 is 4.95. The summed E-state index contributed by atoms with van der Waals surface area (Å²) in [5.74, 6) is 0.924. The van der Waals surface area contributed by atoms with E-state index in [1.54, 1.807) is 47.4 Å². The minimum Gasteiger partial charge on any atom is -0.452 e. The average molecular weight is 350 g/mol. The molecule has 1 aromatic carbocycles. The van der Waals surface area contributed by atoms with E-state index in [1.165, 1.54) is 4.88 Å². The molecule has 0 saturated heterocycles. The monoisotopic (exact) mass is 350 g/mol. The van der Waals surface area contributed by atoms with Gasteiger partial charge in [0.25, 0.3) is 5.91 Å². The molecule has 23 heavy (non-hydrogen) atoms. The number of thioether (sulfide) groups is 1. The lowest BCUT2D eigenvalue weighted by Gasteiger charge is -2.06. The normalized spacial score (nSPS) is 10.3. The molecule has 0 bridgehead atoms. The molecule has 0 radical (unpaired) electrons. The Kier molecular flexibility index (Phi) is 6.96. The van der Waals surface area contributed by atoms with Crippen molar-refractivity contribution in [1.29, 1.82) is 0 Å². The SMILES string of the molecule is Nc1ccc(C(=O)OCC(=O)NCCSCc2cccs2)cc1. The summed E-state index contributed by atoms with van der Waals surface area (Å²) in [7, 11) is 0. The average Bonchev–Trinajstić information content (AvgIpc) is 3.06. The van der Waals surface area contributed by atoms with Crippen molar-refractivity contribution < 1.29 is 14.3 Å². The van der Waals surface area contributed by atoms with E-state index in [1.807, 2.05) is 11.4 Å². The van der Waals surface area contributed by atoms with Gasteiger partial charge in [0.2, 0.25) is 0 Å². The van der Waals surface area contributed by atoms with Gasteiger partial charge in [-0.25, -0.2) is 4.79 Å². The van der Waals surface area contributed by atoms with Crippen LogP contribution in [0, 0.1) is 0 Å². The van der Waals surface area contributed by atoms with Crippen molar-refractivity contribution in [3.05, 3.63) is 52.2 Å². The van der Waals surface area contributed by atoms with Crippen LogP contribution in [0.1, 0.15) is 15.2 Å². The molecule has 0 spiro atoms. The van der Waals surface area contributed by atoms with Gasteiger partial charge in [-0.3, -0.25) is 4.79 Å². The molecule has 0 saturated carbocycles. The van der Waals surface area contributed by atoms with Crippen molar-refractivity contribution in [2.75, 3.05) is 24.6 Å². The number of amides is 1. The minimum atomic E-state index is -0.535. The molecule has 2 rings (SSSR count). The number of nitrogens with one attached hydrogen (secondary N) is 1. The van der Waals surface area contributed by atoms with E-state index in [0.29, 0.717) is 17.8 Å². The highest BCUT2D eigenvalue weighted by atomic mass is 32.2. The molecule has 0 unspecified atom stereocenters. The number of rotatable bonds is 8. The molecule has 7 heteroatoms. The highest BCUT2D eigenvalue weighted by molar-refractivity contribution is 7.98. The quantitative estimate of drug-likeness (QED) is 0.434. The number of esters is 1. The second kappa shape index (κ2) is 9.22. The van der Waals surface area contributed by atoms with Gasteiger partial charge in [0, 0.05) is 28.6 Å². The van der Waals surface area contributed by atoms with Gasteiger partial charge >= 0.3 is 5.97 Å². The van der Waals surface area contributed by atoms with Gasteiger partial charge in [-0.1, -0.05) is 6.07 Å². The lowest BCUT2D eigenvalue weighted by molar-refractivity contribution is -0.124. The summed E-state index contributed by atoms with van der Waals surface area (Å²) in [4.78, 5) is 24.6. The largest absolute Gasteiger partial charge is 0.452 e. The van der Waals surface area contributed by atoms with Crippen molar-refractivity contribution in [2.24, 2.45) is 0 Å². The van der Waals surface area contributed by atoms with E-state index >= 15 is 0 Å². The summed E-state index contributed by atoms with van der Waals surface area (Å²) in [5.41, 5.74) is 6.48. The number of anilines is 1. The number of thiophene rings is 1.